The number of hydrogen-bond donors (Lipinski definition) is 5. The standard InChI is InChI=1S/C41H50F2N4O6/c42-30-21-29(22-31(43)24-30)39(46-41(51)53-37-26-47-18-15-27(37)16-19-47)28-9-8-10-32(23-28)52-20-7-5-3-1-2-4-6-17-44-25-36(49)33-11-13-35(48)40-34(33)12-14-38(50)45-40/h8-14,21-24,27,36-37,39,44,48-49H,1-7,15-20,25-26H2,(H,45,50)(H,46,51)/t36-,37+,39?/m1/s1. The van der Waals surface area contributed by atoms with Gasteiger partial charge in [0.15, 0.2) is 0 Å². The van der Waals surface area contributed by atoms with Gasteiger partial charge in [0, 0.05) is 30.6 Å². The van der Waals surface area contributed by atoms with Gasteiger partial charge < -0.3 is 35.3 Å². The van der Waals surface area contributed by atoms with E-state index >= 15 is 0 Å². The first-order valence-corrected chi connectivity index (χ1v) is 18.9. The minimum atomic E-state index is -0.829. The number of piperidine rings is 3. The van der Waals surface area contributed by atoms with Crippen LogP contribution in [0.25, 0.3) is 10.9 Å². The molecule has 12 heteroatoms. The molecule has 1 aromatic heterocycles. The van der Waals surface area contributed by atoms with Gasteiger partial charge in [-0.3, -0.25) is 9.69 Å². The maximum absolute atomic E-state index is 14.3. The van der Waals surface area contributed by atoms with E-state index in [4.69, 9.17) is 9.47 Å². The number of fused-ring (bicyclic) bond motifs is 4. The monoisotopic (exact) mass is 732 g/mol. The lowest BCUT2D eigenvalue weighted by Gasteiger charge is -2.43. The van der Waals surface area contributed by atoms with Crippen molar-refractivity contribution >= 4 is 17.0 Å². The van der Waals surface area contributed by atoms with Gasteiger partial charge in [-0.2, -0.15) is 0 Å². The number of H-pyrrole nitrogens is 1. The van der Waals surface area contributed by atoms with Gasteiger partial charge in [0.25, 0.3) is 0 Å². The molecule has 10 nitrogen and oxygen atoms in total. The van der Waals surface area contributed by atoms with Gasteiger partial charge in [0.05, 0.1) is 24.3 Å². The zero-order valence-corrected chi connectivity index (χ0v) is 30.0. The number of aromatic hydroxyl groups is 1. The summed E-state index contributed by atoms with van der Waals surface area (Å²) in [7, 11) is 0. The Labute approximate surface area is 308 Å². The number of pyridine rings is 1. The molecule has 4 aromatic rings. The molecule has 1 unspecified atom stereocenters. The third-order valence-electron chi connectivity index (χ3n) is 10.4. The Morgan fingerprint density at radius 1 is 0.906 bits per heavy atom. The van der Waals surface area contributed by atoms with E-state index in [9.17, 15) is 28.6 Å². The third kappa shape index (κ3) is 10.6. The van der Waals surface area contributed by atoms with Gasteiger partial charge in [-0.05, 0) is 104 Å². The molecular formula is C41H50F2N4O6. The molecule has 2 bridgehead atoms. The topological polar surface area (TPSA) is 136 Å². The van der Waals surface area contributed by atoms with Crippen molar-refractivity contribution in [3.05, 3.63) is 105 Å². The Balaban J connectivity index is 0.887. The number of nitrogens with zero attached hydrogens (tertiary/aromatic N) is 1. The summed E-state index contributed by atoms with van der Waals surface area (Å²) in [5.41, 5.74) is 1.58. The lowest BCUT2D eigenvalue weighted by molar-refractivity contribution is -0.0336. The molecule has 0 saturated carbocycles. The average Bonchev–Trinajstić information content (AvgIpc) is 3.14. The first-order valence-electron chi connectivity index (χ1n) is 18.9. The lowest BCUT2D eigenvalue weighted by atomic mass is 9.86. The average molecular weight is 733 g/mol. The number of ether oxygens (including phenoxy) is 2. The zero-order chi connectivity index (χ0) is 37.2. The number of benzene rings is 3. The largest absolute Gasteiger partial charge is 0.506 e. The van der Waals surface area contributed by atoms with E-state index < -0.39 is 29.9 Å². The van der Waals surface area contributed by atoms with Crippen molar-refractivity contribution < 1.29 is 33.3 Å². The number of phenolic OH excluding ortho intramolecular Hbond substituents is 1. The van der Waals surface area contributed by atoms with E-state index in [2.05, 4.69) is 20.5 Å². The number of amides is 1. The molecule has 4 heterocycles. The van der Waals surface area contributed by atoms with Crippen LogP contribution in [0.1, 0.15) is 86.6 Å². The maximum atomic E-state index is 14.3. The number of aliphatic hydroxyl groups excluding tert-OH is 1. The Kier molecular flexibility index (Phi) is 13.3. The van der Waals surface area contributed by atoms with Gasteiger partial charge in [0.2, 0.25) is 5.56 Å². The lowest BCUT2D eigenvalue weighted by Crippen LogP contribution is -2.52. The number of aromatic amines is 1. The van der Waals surface area contributed by atoms with E-state index in [1.807, 2.05) is 12.1 Å². The number of unbranched alkanes of at least 4 members (excludes halogenated alkanes) is 6. The highest BCUT2D eigenvalue weighted by molar-refractivity contribution is 5.87. The molecule has 0 radical (unpaired) electrons. The predicted octanol–water partition coefficient (Wildman–Crippen LogP) is 6.85. The summed E-state index contributed by atoms with van der Waals surface area (Å²) in [6, 6.07) is 15.8. The Morgan fingerprint density at radius 3 is 2.38 bits per heavy atom. The Hall–Kier alpha value is -4.52. The van der Waals surface area contributed by atoms with Gasteiger partial charge >= 0.3 is 6.09 Å². The number of carbonyl (C=O) groups is 1. The number of nitrogens with one attached hydrogen (secondary N) is 3. The molecule has 3 fully saturated rings. The second kappa shape index (κ2) is 18.5. The zero-order valence-electron chi connectivity index (χ0n) is 30.0. The highest BCUT2D eigenvalue weighted by Gasteiger charge is 2.37. The SMILES string of the molecule is O=C(NC(c1cc(F)cc(F)c1)c1cccc(OCCCCCCCCCNC[C@@H](O)c2ccc(O)c3[nH]c(=O)ccc23)c1)O[C@H]1CN2CCC1CC2. The molecular weight excluding hydrogens is 682 g/mol. The summed E-state index contributed by atoms with van der Waals surface area (Å²) in [4.78, 5) is 29.7. The van der Waals surface area contributed by atoms with Gasteiger partial charge in [0.1, 0.15) is 29.2 Å². The van der Waals surface area contributed by atoms with E-state index in [-0.39, 0.29) is 23.0 Å². The van der Waals surface area contributed by atoms with Gasteiger partial charge in [-0.15, -0.1) is 0 Å². The quantitative estimate of drug-likeness (QED) is 0.0701. The smallest absolute Gasteiger partial charge is 0.408 e. The number of alkyl carbamates (subject to hydrolysis) is 1. The van der Waals surface area contributed by atoms with Crippen LogP contribution in [0.15, 0.2) is 71.5 Å². The number of carbonyl (C=O) groups excluding carboxylic acids is 1. The van der Waals surface area contributed by atoms with Gasteiger partial charge in [-0.1, -0.05) is 50.3 Å². The summed E-state index contributed by atoms with van der Waals surface area (Å²) in [5, 5.41) is 27.6. The Bertz CT molecular complexity index is 1860. The number of rotatable bonds is 18. The molecule has 1 amide bonds. The highest BCUT2D eigenvalue weighted by atomic mass is 19.1. The molecule has 3 atom stereocenters. The normalized spacial score (nSPS) is 19.2. The third-order valence-corrected chi connectivity index (χ3v) is 10.4. The van der Waals surface area contributed by atoms with Gasteiger partial charge in [-0.25, -0.2) is 13.6 Å². The molecule has 3 aromatic carbocycles. The van der Waals surface area contributed by atoms with Crippen LogP contribution in [0.3, 0.4) is 0 Å². The number of halogens is 2. The van der Waals surface area contributed by atoms with Crippen LogP contribution in [-0.4, -0.2) is 71.6 Å². The van der Waals surface area contributed by atoms with E-state index in [1.165, 1.54) is 24.3 Å². The van der Waals surface area contributed by atoms with E-state index in [0.717, 1.165) is 83.5 Å². The molecule has 0 spiro atoms. The maximum Gasteiger partial charge on any atom is 0.408 e. The second-order valence-electron chi connectivity index (χ2n) is 14.3. The minimum absolute atomic E-state index is 0.0280. The van der Waals surface area contributed by atoms with Crippen LogP contribution in [-0.2, 0) is 4.74 Å². The molecule has 284 valence electrons. The van der Waals surface area contributed by atoms with E-state index in [0.29, 0.717) is 53.4 Å². The molecule has 53 heavy (non-hydrogen) atoms. The van der Waals surface area contributed by atoms with Crippen molar-refractivity contribution in [2.24, 2.45) is 5.92 Å². The fraction of sp³-hybridized carbons (Fsp3) is 0.463. The molecule has 7 rings (SSSR count). The molecule has 3 saturated heterocycles. The number of hydrogen-bond acceptors (Lipinski definition) is 8. The van der Waals surface area contributed by atoms with Crippen LogP contribution >= 0.6 is 0 Å². The fourth-order valence-corrected chi connectivity index (χ4v) is 7.54. The first kappa shape index (κ1) is 38.2. The van der Waals surface area contributed by atoms with Crippen LogP contribution in [0.5, 0.6) is 11.5 Å². The fourth-order valence-electron chi connectivity index (χ4n) is 7.54. The summed E-state index contributed by atoms with van der Waals surface area (Å²) < 4.78 is 40.4. The molecule has 3 aliphatic rings. The van der Waals surface area contributed by atoms with Crippen LogP contribution in [0.4, 0.5) is 13.6 Å². The number of aliphatic hydroxyl groups is 1. The predicted molar refractivity (Wildman–Crippen MR) is 199 cm³/mol. The summed E-state index contributed by atoms with van der Waals surface area (Å²) in [5.74, 6) is -0.529. The van der Waals surface area contributed by atoms with Crippen LogP contribution in [0, 0.1) is 17.6 Å². The van der Waals surface area contributed by atoms with Crippen molar-refractivity contribution in [3.63, 3.8) is 0 Å². The van der Waals surface area contributed by atoms with E-state index in [1.54, 1.807) is 24.3 Å². The summed E-state index contributed by atoms with van der Waals surface area (Å²) in [6.45, 7) is 4.42. The first-order chi connectivity index (χ1) is 25.7. The highest BCUT2D eigenvalue weighted by Crippen LogP contribution is 2.32. The Morgan fingerprint density at radius 2 is 1.64 bits per heavy atom. The summed E-state index contributed by atoms with van der Waals surface area (Å²) in [6.07, 6.45) is 7.70. The van der Waals surface area contributed by atoms with Crippen molar-refractivity contribution in [2.75, 3.05) is 39.3 Å². The number of aromatic nitrogens is 1. The van der Waals surface area contributed by atoms with Crippen molar-refractivity contribution in [1.82, 2.24) is 20.5 Å². The minimum Gasteiger partial charge on any atom is -0.506 e. The van der Waals surface area contributed by atoms with Crippen molar-refractivity contribution in [2.45, 2.75) is 76.0 Å². The van der Waals surface area contributed by atoms with Crippen LogP contribution < -0.4 is 20.9 Å². The second-order valence-corrected chi connectivity index (χ2v) is 14.3. The molecule has 0 aliphatic carbocycles. The molecule has 3 aliphatic heterocycles. The summed E-state index contributed by atoms with van der Waals surface area (Å²) >= 11 is 0. The van der Waals surface area contributed by atoms with Crippen LogP contribution in [0.2, 0.25) is 0 Å². The van der Waals surface area contributed by atoms with Crippen molar-refractivity contribution in [1.29, 1.82) is 0 Å². The molecule has 5 N–H and O–H groups in total. The van der Waals surface area contributed by atoms with Crippen molar-refractivity contribution in [3.8, 4) is 11.5 Å². The number of phenols is 1.